The van der Waals surface area contributed by atoms with Crippen LogP contribution in [-0.2, 0) is 18.0 Å². The van der Waals surface area contributed by atoms with Crippen molar-refractivity contribution in [2.45, 2.75) is 92.0 Å². The Bertz CT molecular complexity index is 558. The van der Waals surface area contributed by atoms with Gasteiger partial charge in [0.1, 0.15) is 0 Å². The second kappa shape index (κ2) is 18.9. The summed E-state index contributed by atoms with van der Waals surface area (Å²) in [4.78, 5) is 9.21. The molecule has 0 spiro atoms. The molecule has 34 heavy (non-hydrogen) atoms. The highest BCUT2D eigenvalue weighted by molar-refractivity contribution is 6.60. The second-order valence-corrected chi connectivity index (χ2v) is 12.3. The molecule has 0 atom stereocenters. The third kappa shape index (κ3) is 17.1. The van der Waals surface area contributed by atoms with E-state index in [4.69, 9.17) is 18.0 Å². The Morgan fingerprint density at radius 2 is 1.32 bits per heavy atom. The molecule has 0 fully saturated rings. The van der Waals surface area contributed by atoms with Crippen LogP contribution in [0.15, 0.2) is 9.98 Å². The molecule has 0 heterocycles. The number of aliphatic imine (C=N–C) groups is 2. The highest BCUT2D eigenvalue weighted by atomic mass is 28.4. The van der Waals surface area contributed by atoms with Gasteiger partial charge in [-0.2, -0.15) is 0 Å². The van der Waals surface area contributed by atoms with Gasteiger partial charge in [-0.05, 0) is 61.8 Å². The third-order valence-electron chi connectivity index (χ3n) is 4.28. The molecule has 0 bridgehead atoms. The van der Waals surface area contributed by atoms with Crippen LogP contribution in [0.5, 0.6) is 0 Å². The van der Waals surface area contributed by atoms with Gasteiger partial charge in [-0.3, -0.25) is 9.98 Å². The van der Waals surface area contributed by atoms with Crippen LogP contribution in [-0.4, -0.2) is 92.0 Å². The van der Waals surface area contributed by atoms with Crippen LogP contribution in [0.2, 0.25) is 6.04 Å². The minimum atomic E-state index is -2.74. The number of nitrogens with zero attached hydrogens (tertiary/aromatic N) is 2. The zero-order chi connectivity index (χ0) is 26.0. The van der Waals surface area contributed by atoms with E-state index >= 15 is 0 Å². The van der Waals surface area contributed by atoms with Gasteiger partial charge in [0.25, 0.3) is 0 Å². The molecule has 0 saturated heterocycles. The summed E-state index contributed by atoms with van der Waals surface area (Å²) in [6.45, 7) is 19.4. The largest absolute Gasteiger partial charge is 0.500 e. The lowest BCUT2D eigenvalue weighted by molar-refractivity contribution is 0.0512. The maximum atomic E-state index is 6.03. The molecule has 0 aliphatic rings. The fourth-order valence-electron chi connectivity index (χ4n) is 2.91. The van der Waals surface area contributed by atoms with Crippen molar-refractivity contribution in [2.75, 3.05) is 47.1 Å². The van der Waals surface area contributed by atoms with Gasteiger partial charge in [0.05, 0.1) is 19.8 Å². The molecule has 0 aliphatic heterocycles. The predicted molar refractivity (Wildman–Crippen MR) is 144 cm³/mol. The van der Waals surface area contributed by atoms with E-state index in [1.165, 1.54) is 0 Å². The van der Waals surface area contributed by atoms with Crippen LogP contribution >= 0.6 is 0 Å². The van der Waals surface area contributed by atoms with E-state index in [2.05, 4.69) is 86.6 Å². The lowest BCUT2D eigenvalue weighted by Gasteiger charge is -2.26. The van der Waals surface area contributed by atoms with E-state index in [1.807, 2.05) is 0 Å². The summed E-state index contributed by atoms with van der Waals surface area (Å²) in [7, 11) is 0.554. The third-order valence-corrected chi connectivity index (χ3v) is 7.14. The van der Waals surface area contributed by atoms with Gasteiger partial charge in [-0.15, -0.1) is 0 Å². The fourth-order valence-corrected chi connectivity index (χ4v) is 4.85. The summed E-state index contributed by atoms with van der Waals surface area (Å²) in [5.74, 6) is 1.62. The topological polar surface area (TPSA) is 110 Å². The first-order valence-electron chi connectivity index (χ1n) is 12.5. The molecular formula is C23H52N6O4Si. The monoisotopic (exact) mass is 504 g/mol. The molecule has 10 nitrogen and oxygen atoms in total. The van der Waals surface area contributed by atoms with E-state index in [0.29, 0.717) is 57.1 Å². The van der Waals surface area contributed by atoms with E-state index in [1.54, 1.807) is 14.2 Å². The van der Waals surface area contributed by atoms with Crippen LogP contribution in [0, 0.1) is 0 Å². The lowest BCUT2D eigenvalue weighted by atomic mass is 10.4. The molecule has 0 radical (unpaired) electrons. The summed E-state index contributed by atoms with van der Waals surface area (Å²) in [5.41, 5.74) is 0. The standard InChI is InChI=1S/C23H52N6O4Si/c1-18(2)26-22(27-19(3)4)24-12-11-17-34(30-9,31-10)33-16-15-32-14-13-25-23(28-20(5)6)29-21(7)8/h18-21H,11-17H2,1-10H3,(H2,24,26,27)(H2,25,28,29). The average Bonchev–Trinajstić information content (AvgIpc) is 2.72. The molecule has 0 aliphatic carbocycles. The number of hydrogen-bond acceptors (Lipinski definition) is 6. The van der Waals surface area contributed by atoms with Gasteiger partial charge < -0.3 is 39.3 Å². The first kappa shape index (κ1) is 32.6. The van der Waals surface area contributed by atoms with Crippen molar-refractivity contribution in [2.24, 2.45) is 9.98 Å². The van der Waals surface area contributed by atoms with Crippen molar-refractivity contribution >= 4 is 20.7 Å². The van der Waals surface area contributed by atoms with Crippen molar-refractivity contribution < 1.29 is 18.0 Å². The summed E-state index contributed by atoms with van der Waals surface area (Å²) >= 11 is 0. The number of nitrogens with one attached hydrogen (secondary N) is 4. The number of hydrogen-bond donors (Lipinski definition) is 4. The van der Waals surface area contributed by atoms with Gasteiger partial charge >= 0.3 is 8.80 Å². The highest BCUT2D eigenvalue weighted by Gasteiger charge is 2.38. The Morgan fingerprint density at radius 1 is 0.765 bits per heavy atom. The molecule has 0 aromatic carbocycles. The van der Waals surface area contributed by atoms with Crippen molar-refractivity contribution in [3.8, 4) is 0 Å². The van der Waals surface area contributed by atoms with Crippen LogP contribution in [0.25, 0.3) is 0 Å². The number of ether oxygens (including phenoxy) is 1. The Balaban J connectivity index is 4.39. The van der Waals surface area contributed by atoms with Gasteiger partial charge in [0, 0.05) is 57.5 Å². The quantitative estimate of drug-likeness (QED) is 0.103. The molecule has 0 rings (SSSR count). The molecule has 0 amide bonds. The molecule has 0 aromatic rings. The van der Waals surface area contributed by atoms with E-state index < -0.39 is 8.80 Å². The maximum Gasteiger partial charge on any atom is 0.500 e. The van der Waals surface area contributed by atoms with Crippen LogP contribution < -0.4 is 21.3 Å². The van der Waals surface area contributed by atoms with E-state index in [0.717, 1.165) is 18.3 Å². The fraction of sp³-hybridized carbons (Fsp3) is 0.913. The Morgan fingerprint density at radius 3 is 1.82 bits per heavy atom. The highest BCUT2D eigenvalue weighted by Crippen LogP contribution is 2.16. The average molecular weight is 505 g/mol. The molecule has 202 valence electrons. The van der Waals surface area contributed by atoms with Crippen molar-refractivity contribution in [1.29, 1.82) is 0 Å². The Kier molecular flexibility index (Phi) is 18.1. The molecule has 11 heteroatoms. The van der Waals surface area contributed by atoms with Crippen LogP contribution in [0.3, 0.4) is 0 Å². The first-order valence-corrected chi connectivity index (χ1v) is 14.4. The van der Waals surface area contributed by atoms with Gasteiger partial charge in [-0.1, -0.05) is 0 Å². The molecule has 0 saturated carbocycles. The number of rotatable bonds is 17. The molecular weight excluding hydrogens is 452 g/mol. The number of guanidine groups is 2. The summed E-state index contributed by atoms with van der Waals surface area (Å²) in [5, 5.41) is 13.3. The molecule has 0 aromatic heterocycles. The molecule has 0 unspecified atom stereocenters. The summed E-state index contributed by atoms with van der Waals surface area (Å²) in [6.07, 6.45) is 0.808. The Labute approximate surface area is 209 Å². The Hall–Kier alpha value is -1.40. The van der Waals surface area contributed by atoms with Gasteiger partial charge in [-0.25, -0.2) is 0 Å². The van der Waals surface area contributed by atoms with Crippen molar-refractivity contribution in [3.63, 3.8) is 0 Å². The van der Waals surface area contributed by atoms with Gasteiger partial charge in [0.15, 0.2) is 11.9 Å². The minimum absolute atomic E-state index is 0.222. The van der Waals surface area contributed by atoms with Crippen LogP contribution in [0.1, 0.15) is 61.8 Å². The smallest absolute Gasteiger partial charge is 0.377 e. The molecule has 4 N–H and O–H groups in total. The predicted octanol–water partition coefficient (Wildman–Crippen LogP) is 2.35. The first-order chi connectivity index (χ1) is 16.0. The summed E-state index contributed by atoms with van der Waals surface area (Å²) in [6, 6.07) is 1.86. The normalized spacial score (nSPS) is 12.6. The second-order valence-electron chi connectivity index (χ2n) is 9.28. The zero-order valence-corrected chi connectivity index (χ0v) is 24.3. The lowest BCUT2D eigenvalue weighted by Crippen LogP contribution is -2.45. The van der Waals surface area contributed by atoms with Gasteiger partial charge in [0.2, 0.25) is 0 Å². The van der Waals surface area contributed by atoms with E-state index in [9.17, 15) is 0 Å². The van der Waals surface area contributed by atoms with Crippen LogP contribution in [0.4, 0.5) is 0 Å². The van der Waals surface area contributed by atoms with E-state index in [-0.39, 0.29) is 6.04 Å². The van der Waals surface area contributed by atoms with Crippen molar-refractivity contribution in [3.05, 3.63) is 0 Å². The SMILES string of the molecule is CO[Si](CCCN=C(NC(C)C)NC(C)C)(OC)OCCOCCNC(=NC(C)C)NC(C)C. The zero-order valence-electron chi connectivity index (χ0n) is 23.3. The maximum absolute atomic E-state index is 6.03. The minimum Gasteiger partial charge on any atom is -0.377 e. The summed E-state index contributed by atoms with van der Waals surface area (Å²) < 4.78 is 23.1. The van der Waals surface area contributed by atoms with Crippen molar-refractivity contribution in [1.82, 2.24) is 21.3 Å².